The van der Waals surface area contributed by atoms with E-state index in [0.29, 0.717) is 19.0 Å². The second-order valence-corrected chi connectivity index (χ2v) is 7.92. The van der Waals surface area contributed by atoms with Gasteiger partial charge in [-0.25, -0.2) is 4.79 Å². The molecule has 0 aliphatic carbocycles. The minimum absolute atomic E-state index is 0.0616. The monoisotopic (exact) mass is 444 g/mol. The zero-order valence-electron chi connectivity index (χ0n) is 13.6. The van der Waals surface area contributed by atoms with Crippen LogP contribution in [0.4, 0.5) is 4.79 Å². The Labute approximate surface area is 148 Å². The Morgan fingerprint density at radius 1 is 1.36 bits per heavy atom. The van der Waals surface area contributed by atoms with Gasteiger partial charge in [-0.1, -0.05) is 0 Å². The van der Waals surface area contributed by atoms with Crippen molar-refractivity contribution in [3.05, 3.63) is 0 Å². The van der Waals surface area contributed by atoms with E-state index in [1.807, 2.05) is 0 Å². The average molecular weight is 444 g/mol. The van der Waals surface area contributed by atoms with Crippen LogP contribution in [0.5, 0.6) is 0 Å². The van der Waals surface area contributed by atoms with E-state index in [0.717, 1.165) is 19.4 Å². The third-order valence-electron chi connectivity index (χ3n) is 3.38. The van der Waals surface area contributed by atoms with Crippen molar-refractivity contribution in [2.45, 2.75) is 52.2 Å². The summed E-state index contributed by atoms with van der Waals surface area (Å²) in [6.07, 6.45) is 1.31. The van der Waals surface area contributed by atoms with Crippen LogP contribution >= 0.6 is 30.4 Å². The van der Waals surface area contributed by atoms with E-state index in [1.54, 1.807) is 32.6 Å². The molecular formula is C14H25IN2O4S. The second kappa shape index (κ2) is 9.17. The fraction of sp³-hybridized carbons (Fsp3) is 0.857. The molecule has 0 saturated carbocycles. The largest absolute Gasteiger partial charge is 0.444 e. The summed E-state index contributed by atoms with van der Waals surface area (Å²) in [5, 5.41) is 2.60. The standard InChI is InChI=1S/C14H25IN2O4S/c1-10(16-13(19)21-14(2,3)4)12(18)17-7-5-11(6-8-17)9-20-22-15/h10-11H,5-9H2,1-4H3,(H,16,19). The number of hydrogen-bond acceptors (Lipinski definition) is 5. The number of hydrogen-bond donors (Lipinski definition) is 1. The average Bonchev–Trinajstić information content (AvgIpc) is 2.42. The van der Waals surface area contributed by atoms with Gasteiger partial charge in [0.25, 0.3) is 0 Å². The molecule has 0 bridgehead atoms. The molecule has 1 atom stereocenters. The molecule has 1 saturated heterocycles. The third-order valence-corrected chi connectivity index (χ3v) is 4.37. The highest BCUT2D eigenvalue weighted by atomic mass is 127. The van der Waals surface area contributed by atoms with Crippen molar-refractivity contribution in [2.24, 2.45) is 5.92 Å². The van der Waals surface area contributed by atoms with Crippen LogP contribution in [0.3, 0.4) is 0 Å². The van der Waals surface area contributed by atoms with E-state index in [4.69, 9.17) is 8.92 Å². The minimum Gasteiger partial charge on any atom is -0.444 e. The van der Waals surface area contributed by atoms with E-state index in [-0.39, 0.29) is 5.91 Å². The Bertz CT molecular complexity index is 382. The number of carbonyl (C=O) groups excluding carboxylic acids is 2. The maximum absolute atomic E-state index is 12.3. The molecule has 1 rings (SSSR count). The lowest BCUT2D eigenvalue weighted by Gasteiger charge is -2.33. The lowest BCUT2D eigenvalue weighted by atomic mass is 9.97. The smallest absolute Gasteiger partial charge is 0.408 e. The first-order valence-corrected chi connectivity index (χ1v) is 10.7. The Balaban J connectivity index is 2.37. The van der Waals surface area contributed by atoms with Crippen LogP contribution in [0, 0.1) is 5.92 Å². The first-order chi connectivity index (χ1) is 10.2. The van der Waals surface area contributed by atoms with Crippen LogP contribution < -0.4 is 5.32 Å². The number of amides is 2. The summed E-state index contributed by atoms with van der Waals surface area (Å²) in [6.45, 7) is 9.20. The Hall–Kier alpha value is -0.220. The van der Waals surface area contributed by atoms with Gasteiger partial charge in [-0.15, -0.1) is 0 Å². The fourth-order valence-corrected chi connectivity index (χ4v) is 2.95. The van der Waals surface area contributed by atoms with Crippen LogP contribution in [0.1, 0.15) is 40.5 Å². The van der Waals surface area contributed by atoms with Crippen LogP contribution in [0.25, 0.3) is 0 Å². The number of alkyl carbamates (subject to hydrolysis) is 1. The van der Waals surface area contributed by atoms with Gasteiger partial charge in [0.05, 0.1) is 15.8 Å². The van der Waals surface area contributed by atoms with Gasteiger partial charge in [-0.2, -0.15) is 0 Å². The van der Waals surface area contributed by atoms with Gasteiger partial charge in [0, 0.05) is 34.3 Å². The maximum Gasteiger partial charge on any atom is 0.408 e. The summed E-state index contributed by atoms with van der Waals surface area (Å²) in [7, 11) is 1.35. The van der Waals surface area contributed by atoms with Crippen molar-refractivity contribution in [1.82, 2.24) is 10.2 Å². The molecule has 22 heavy (non-hydrogen) atoms. The van der Waals surface area contributed by atoms with E-state index in [2.05, 4.69) is 26.5 Å². The summed E-state index contributed by atoms with van der Waals surface area (Å²) in [5.41, 5.74) is -0.568. The summed E-state index contributed by atoms with van der Waals surface area (Å²) in [6, 6.07) is -0.576. The minimum atomic E-state index is -0.576. The van der Waals surface area contributed by atoms with Gasteiger partial charge < -0.3 is 19.1 Å². The first kappa shape index (κ1) is 19.8. The van der Waals surface area contributed by atoms with Crippen molar-refractivity contribution < 1.29 is 18.5 Å². The number of piperidine rings is 1. The Morgan fingerprint density at radius 3 is 2.45 bits per heavy atom. The molecule has 1 aliphatic rings. The van der Waals surface area contributed by atoms with E-state index in [9.17, 15) is 9.59 Å². The highest BCUT2D eigenvalue weighted by molar-refractivity contribution is 14.2. The zero-order chi connectivity index (χ0) is 16.8. The molecule has 1 N–H and O–H groups in total. The van der Waals surface area contributed by atoms with Crippen LogP contribution in [0.2, 0.25) is 0 Å². The Kier molecular flexibility index (Phi) is 8.26. The Morgan fingerprint density at radius 2 is 1.95 bits per heavy atom. The van der Waals surface area contributed by atoms with Gasteiger partial charge in [0.15, 0.2) is 0 Å². The predicted molar refractivity (Wildman–Crippen MR) is 95.7 cm³/mol. The van der Waals surface area contributed by atoms with Crippen molar-refractivity contribution in [1.29, 1.82) is 0 Å². The molecule has 2 amide bonds. The zero-order valence-corrected chi connectivity index (χ0v) is 16.5. The van der Waals surface area contributed by atoms with Crippen molar-refractivity contribution in [2.75, 3.05) is 19.7 Å². The predicted octanol–water partition coefficient (Wildman–Crippen LogP) is 3.15. The number of carbonyl (C=O) groups is 2. The molecule has 1 aliphatic heterocycles. The lowest BCUT2D eigenvalue weighted by molar-refractivity contribution is -0.134. The molecule has 1 heterocycles. The molecular weight excluding hydrogens is 419 g/mol. The molecule has 0 radical (unpaired) electrons. The molecule has 1 unspecified atom stereocenters. The summed E-state index contributed by atoms with van der Waals surface area (Å²) in [4.78, 5) is 25.8. The number of nitrogens with one attached hydrogen (secondary N) is 1. The topological polar surface area (TPSA) is 67.9 Å². The lowest BCUT2D eigenvalue weighted by Crippen LogP contribution is -2.50. The van der Waals surface area contributed by atoms with Crippen molar-refractivity contribution >= 4 is 42.4 Å². The molecule has 1 fully saturated rings. The van der Waals surface area contributed by atoms with Crippen LogP contribution in [-0.2, 0) is 13.7 Å². The van der Waals surface area contributed by atoms with Crippen LogP contribution in [0.15, 0.2) is 0 Å². The van der Waals surface area contributed by atoms with Gasteiger partial charge in [-0.05, 0) is 46.5 Å². The molecule has 6 nitrogen and oxygen atoms in total. The van der Waals surface area contributed by atoms with Gasteiger partial charge in [0.1, 0.15) is 11.6 Å². The molecule has 0 aromatic rings. The first-order valence-electron chi connectivity index (χ1n) is 7.41. The summed E-state index contributed by atoms with van der Waals surface area (Å²) in [5.74, 6) is 0.439. The second-order valence-electron chi connectivity index (χ2n) is 6.48. The van der Waals surface area contributed by atoms with E-state index >= 15 is 0 Å². The van der Waals surface area contributed by atoms with E-state index in [1.165, 1.54) is 9.21 Å². The molecule has 0 aromatic heterocycles. The van der Waals surface area contributed by atoms with Crippen molar-refractivity contribution in [3.63, 3.8) is 0 Å². The van der Waals surface area contributed by atoms with Gasteiger partial charge >= 0.3 is 6.09 Å². The van der Waals surface area contributed by atoms with E-state index < -0.39 is 17.7 Å². The highest BCUT2D eigenvalue weighted by Crippen LogP contribution is 2.22. The summed E-state index contributed by atoms with van der Waals surface area (Å²) >= 11 is 2.10. The normalized spacial score (nSPS) is 18.0. The maximum atomic E-state index is 12.3. The molecule has 8 heteroatoms. The number of nitrogens with zero attached hydrogens (tertiary/aromatic N) is 1. The fourth-order valence-electron chi connectivity index (χ4n) is 2.26. The van der Waals surface area contributed by atoms with Gasteiger partial charge in [0.2, 0.25) is 5.91 Å². The molecule has 128 valence electrons. The SMILES string of the molecule is CC(NC(=O)OC(C)(C)C)C(=O)N1CCC(COSI)CC1. The highest BCUT2D eigenvalue weighted by Gasteiger charge is 2.28. The number of halogens is 1. The quantitative estimate of drug-likeness (QED) is 0.521. The number of ether oxygens (including phenoxy) is 1. The third kappa shape index (κ3) is 7.36. The van der Waals surface area contributed by atoms with Crippen molar-refractivity contribution in [3.8, 4) is 0 Å². The van der Waals surface area contributed by atoms with Gasteiger partial charge in [-0.3, -0.25) is 4.79 Å². The summed E-state index contributed by atoms with van der Waals surface area (Å²) < 4.78 is 10.5. The number of rotatable bonds is 5. The van der Waals surface area contributed by atoms with Crippen LogP contribution in [-0.4, -0.2) is 48.2 Å². The molecule has 0 aromatic carbocycles. The molecule has 0 spiro atoms. The number of likely N-dealkylation sites (tertiary alicyclic amines) is 1.